The van der Waals surface area contributed by atoms with E-state index in [4.69, 9.17) is 20.1 Å². The van der Waals surface area contributed by atoms with Crippen molar-refractivity contribution in [1.82, 2.24) is 0 Å². The van der Waals surface area contributed by atoms with Crippen LogP contribution in [-0.4, -0.2) is 53.6 Å². The molecule has 0 amide bonds. The lowest BCUT2D eigenvalue weighted by Gasteiger charge is -2.11. The number of rotatable bonds is 2. The van der Waals surface area contributed by atoms with Crippen molar-refractivity contribution in [3.63, 3.8) is 0 Å². The molecule has 4 atom stereocenters. The second-order valence-electron chi connectivity index (χ2n) is 2.44. The van der Waals surface area contributed by atoms with Crippen molar-refractivity contribution in [2.75, 3.05) is 13.7 Å². The molecule has 0 saturated carbocycles. The van der Waals surface area contributed by atoms with Crippen LogP contribution in [0, 0.1) is 0 Å². The Morgan fingerprint density at radius 3 is 2.27 bits per heavy atom. The van der Waals surface area contributed by atoms with Gasteiger partial charge in [0.25, 0.3) is 0 Å². The topological polar surface area (TPSA) is 79.2 Å². The molecule has 1 aliphatic rings. The molecule has 0 radical (unpaired) electrons. The zero-order valence-corrected chi connectivity index (χ0v) is 6.17. The first-order chi connectivity index (χ1) is 5.20. The molecular weight excluding hydrogens is 152 g/mol. The summed E-state index contributed by atoms with van der Waals surface area (Å²) in [5.74, 6) is 0. The Kier molecular flexibility index (Phi) is 2.80. The Morgan fingerprint density at radius 1 is 1.36 bits per heavy atom. The van der Waals surface area contributed by atoms with Gasteiger partial charge in [0.1, 0.15) is 18.3 Å². The molecule has 1 heterocycles. The SMILES string of the molecule is CO[C@@H]1O[C@@H](CO)[C@H](O)[C@H]1O. The Hall–Kier alpha value is -0.200. The number of ether oxygens (including phenoxy) is 2. The van der Waals surface area contributed by atoms with Crippen molar-refractivity contribution >= 4 is 0 Å². The van der Waals surface area contributed by atoms with Crippen LogP contribution in [0.4, 0.5) is 0 Å². The molecule has 1 fully saturated rings. The van der Waals surface area contributed by atoms with Crippen molar-refractivity contribution < 1.29 is 24.8 Å². The van der Waals surface area contributed by atoms with E-state index in [0.29, 0.717) is 0 Å². The van der Waals surface area contributed by atoms with Crippen molar-refractivity contribution in [2.24, 2.45) is 0 Å². The molecule has 0 aromatic heterocycles. The lowest BCUT2D eigenvalue weighted by molar-refractivity contribution is -0.153. The van der Waals surface area contributed by atoms with Gasteiger partial charge < -0.3 is 24.8 Å². The summed E-state index contributed by atoms with van der Waals surface area (Å²) in [7, 11) is 1.36. The summed E-state index contributed by atoms with van der Waals surface area (Å²) in [6.07, 6.45) is -3.71. The Morgan fingerprint density at radius 2 is 2.00 bits per heavy atom. The van der Waals surface area contributed by atoms with Crippen molar-refractivity contribution in [2.45, 2.75) is 24.6 Å². The normalized spacial score (nSPS) is 44.7. The Labute approximate surface area is 64.2 Å². The molecule has 5 heteroatoms. The van der Waals surface area contributed by atoms with E-state index in [1.807, 2.05) is 0 Å². The van der Waals surface area contributed by atoms with Gasteiger partial charge in [0.05, 0.1) is 6.61 Å². The van der Waals surface area contributed by atoms with Gasteiger partial charge in [-0.25, -0.2) is 0 Å². The highest BCUT2D eigenvalue weighted by atomic mass is 16.7. The fourth-order valence-electron chi connectivity index (χ4n) is 1.06. The number of aliphatic hydroxyl groups excluding tert-OH is 3. The van der Waals surface area contributed by atoms with Gasteiger partial charge in [-0.2, -0.15) is 0 Å². The van der Waals surface area contributed by atoms with Crippen molar-refractivity contribution in [1.29, 1.82) is 0 Å². The van der Waals surface area contributed by atoms with Crippen LogP contribution in [0.3, 0.4) is 0 Å². The maximum Gasteiger partial charge on any atom is 0.186 e. The number of aliphatic hydroxyl groups is 3. The largest absolute Gasteiger partial charge is 0.394 e. The van der Waals surface area contributed by atoms with Crippen molar-refractivity contribution in [3.8, 4) is 0 Å². The fraction of sp³-hybridized carbons (Fsp3) is 1.00. The predicted molar refractivity (Wildman–Crippen MR) is 34.8 cm³/mol. The maximum absolute atomic E-state index is 9.15. The van der Waals surface area contributed by atoms with E-state index in [1.54, 1.807) is 0 Å². The lowest BCUT2D eigenvalue weighted by atomic mass is 10.1. The van der Waals surface area contributed by atoms with E-state index in [1.165, 1.54) is 7.11 Å². The highest BCUT2D eigenvalue weighted by Crippen LogP contribution is 2.20. The van der Waals surface area contributed by atoms with Gasteiger partial charge in [0.2, 0.25) is 0 Å². The van der Waals surface area contributed by atoms with Crippen LogP contribution >= 0.6 is 0 Å². The maximum atomic E-state index is 9.15. The third-order valence-corrected chi connectivity index (χ3v) is 1.73. The molecule has 0 unspecified atom stereocenters. The van der Waals surface area contributed by atoms with Gasteiger partial charge in [-0.1, -0.05) is 0 Å². The van der Waals surface area contributed by atoms with E-state index < -0.39 is 24.6 Å². The van der Waals surface area contributed by atoms with Crippen LogP contribution in [0.1, 0.15) is 0 Å². The van der Waals surface area contributed by atoms with Crippen LogP contribution in [0.5, 0.6) is 0 Å². The van der Waals surface area contributed by atoms with Gasteiger partial charge in [-0.3, -0.25) is 0 Å². The third kappa shape index (κ3) is 1.52. The summed E-state index contributed by atoms with van der Waals surface area (Å²) < 4.78 is 9.59. The first-order valence-electron chi connectivity index (χ1n) is 3.36. The summed E-state index contributed by atoms with van der Waals surface area (Å²) in [4.78, 5) is 0. The minimum Gasteiger partial charge on any atom is -0.394 e. The quantitative estimate of drug-likeness (QED) is 0.443. The lowest BCUT2D eigenvalue weighted by Crippen LogP contribution is -2.34. The average Bonchev–Trinajstić information content (AvgIpc) is 2.30. The van der Waals surface area contributed by atoms with Crippen LogP contribution in [0.15, 0.2) is 0 Å². The number of methoxy groups -OCH3 is 1. The highest BCUT2D eigenvalue weighted by Gasteiger charge is 2.42. The molecule has 11 heavy (non-hydrogen) atoms. The minimum absolute atomic E-state index is 0.321. The summed E-state index contributed by atoms with van der Waals surface area (Å²) in [5, 5.41) is 26.9. The summed E-state index contributed by atoms with van der Waals surface area (Å²) in [5.41, 5.74) is 0. The van der Waals surface area contributed by atoms with Crippen LogP contribution < -0.4 is 0 Å². The Balaban J connectivity index is 2.53. The molecule has 1 rings (SSSR count). The first-order valence-corrected chi connectivity index (χ1v) is 3.36. The molecule has 1 aliphatic heterocycles. The molecule has 66 valence electrons. The average molecular weight is 164 g/mol. The summed E-state index contributed by atoms with van der Waals surface area (Å²) in [6, 6.07) is 0. The van der Waals surface area contributed by atoms with Gasteiger partial charge in [0.15, 0.2) is 6.29 Å². The van der Waals surface area contributed by atoms with Crippen LogP contribution in [-0.2, 0) is 9.47 Å². The van der Waals surface area contributed by atoms with E-state index >= 15 is 0 Å². The van der Waals surface area contributed by atoms with Gasteiger partial charge in [0, 0.05) is 7.11 Å². The van der Waals surface area contributed by atoms with E-state index in [9.17, 15) is 0 Å². The molecule has 3 N–H and O–H groups in total. The summed E-state index contributed by atoms with van der Waals surface area (Å²) >= 11 is 0. The van der Waals surface area contributed by atoms with Gasteiger partial charge in [-0.05, 0) is 0 Å². The molecule has 0 aromatic carbocycles. The highest BCUT2D eigenvalue weighted by molar-refractivity contribution is 4.85. The molecular formula is C6H12O5. The molecule has 5 nitrogen and oxygen atoms in total. The van der Waals surface area contributed by atoms with Gasteiger partial charge in [-0.15, -0.1) is 0 Å². The van der Waals surface area contributed by atoms with Crippen LogP contribution in [0.2, 0.25) is 0 Å². The molecule has 1 saturated heterocycles. The van der Waals surface area contributed by atoms with E-state index in [0.717, 1.165) is 0 Å². The smallest absolute Gasteiger partial charge is 0.186 e. The monoisotopic (exact) mass is 164 g/mol. The molecule has 0 bridgehead atoms. The molecule has 0 aromatic rings. The van der Waals surface area contributed by atoms with E-state index in [2.05, 4.69) is 4.74 Å². The fourth-order valence-corrected chi connectivity index (χ4v) is 1.06. The zero-order valence-electron chi connectivity index (χ0n) is 6.17. The number of hydrogen-bond acceptors (Lipinski definition) is 5. The molecule has 0 spiro atoms. The second kappa shape index (κ2) is 3.46. The van der Waals surface area contributed by atoms with Crippen LogP contribution in [0.25, 0.3) is 0 Å². The number of hydrogen-bond donors (Lipinski definition) is 3. The van der Waals surface area contributed by atoms with Gasteiger partial charge >= 0.3 is 0 Å². The second-order valence-corrected chi connectivity index (χ2v) is 2.44. The third-order valence-electron chi connectivity index (χ3n) is 1.73. The first kappa shape index (κ1) is 8.89. The summed E-state index contributed by atoms with van der Waals surface area (Å²) in [6.45, 7) is -0.321. The Bertz CT molecular complexity index is 110. The minimum atomic E-state index is -1.07. The van der Waals surface area contributed by atoms with Crippen molar-refractivity contribution in [3.05, 3.63) is 0 Å². The molecule has 0 aliphatic carbocycles. The zero-order chi connectivity index (χ0) is 8.43. The van der Waals surface area contributed by atoms with E-state index in [-0.39, 0.29) is 6.61 Å². The predicted octanol–water partition coefficient (Wildman–Crippen LogP) is -1.93. The standard InChI is InChI=1S/C6H12O5/c1-10-6-5(9)4(8)3(2-7)11-6/h3-9H,2H2,1H3/t3-,4-,5+,6+/m0/s1.